The van der Waals surface area contributed by atoms with Crippen LogP contribution in [0.15, 0.2) is 75.4 Å². The summed E-state index contributed by atoms with van der Waals surface area (Å²) in [7, 11) is 0. The quantitative estimate of drug-likeness (QED) is 0.148. The lowest BCUT2D eigenvalue weighted by atomic mass is 10.2. The van der Waals surface area contributed by atoms with E-state index in [-0.39, 0.29) is 17.3 Å². The van der Waals surface area contributed by atoms with Gasteiger partial charge in [0.25, 0.3) is 11.6 Å². The summed E-state index contributed by atoms with van der Waals surface area (Å²) in [6.07, 6.45) is 1.25. The smallest absolute Gasteiger partial charge is 0.278 e. The minimum atomic E-state index is -0.504. The van der Waals surface area contributed by atoms with Crippen LogP contribution in [0.3, 0.4) is 0 Å². The summed E-state index contributed by atoms with van der Waals surface area (Å²) >= 11 is 4.63. The molecule has 1 aromatic heterocycles. The fourth-order valence-electron chi connectivity index (χ4n) is 2.72. The molecule has 164 valence electrons. The molecule has 0 spiro atoms. The van der Waals surface area contributed by atoms with Crippen LogP contribution in [0.4, 0.5) is 5.69 Å². The van der Waals surface area contributed by atoms with E-state index in [4.69, 9.17) is 0 Å². The van der Waals surface area contributed by atoms with Gasteiger partial charge in [-0.25, -0.2) is 5.43 Å². The third-order valence-corrected chi connectivity index (χ3v) is 5.60. The molecule has 1 heterocycles. The van der Waals surface area contributed by atoms with Crippen molar-refractivity contribution in [1.82, 2.24) is 20.2 Å². The van der Waals surface area contributed by atoms with Gasteiger partial charge in [-0.05, 0) is 25.1 Å². The van der Waals surface area contributed by atoms with Gasteiger partial charge in [0.15, 0.2) is 11.0 Å². The summed E-state index contributed by atoms with van der Waals surface area (Å²) in [6, 6.07) is 13.8. The number of thioether (sulfide) groups is 1. The van der Waals surface area contributed by atoms with Crippen molar-refractivity contribution < 1.29 is 9.72 Å². The summed E-state index contributed by atoms with van der Waals surface area (Å²) in [5, 5.41) is 23.9. The minimum absolute atomic E-state index is 0.0445. The molecule has 2 aromatic carbocycles. The Morgan fingerprint density at radius 1 is 1.28 bits per heavy atom. The Hall–Kier alpha value is -3.31. The molecule has 0 aliphatic rings. The largest absolute Gasteiger partial charge is 0.298 e. The number of nitrogens with zero attached hydrogens (tertiary/aromatic N) is 5. The number of allylic oxidation sites excluding steroid dienone is 1. The molecular weight excluding hydrogens is 496 g/mol. The molecule has 0 aliphatic heterocycles. The van der Waals surface area contributed by atoms with Crippen molar-refractivity contribution in [1.29, 1.82) is 0 Å². The van der Waals surface area contributed by atoms with Crippen LogP contribution in [0.5, 0.6) is 0 Å². The molecule has 0 aliphatic carbocycles. The van der Waals surface area contributed by atoms with E-state index >= 15 is 0 Å². The van der Waals surface area contributed by atoms with E-state index in [0.717, 1.165) is 15.6 Å². The number of nitro groups is 1. The first kappa shape index (κ1) is 23.4. The van der Waals surface area contributed by atoms with Gasteiger partial charge < -0.3 is 0 Å². The molecule has 0 radical (unpaired) electrons. The lowest BCUT2D eigenvalue weighted by molar-refractivity contribution is -0.385. The van der Waals surface area contributed by atoms with Gasteiger partial charge in [0.1, 0.15) is 0 Å². The van der Waals surface area contributed by atoms with E-state index in [1.807, 2.05) is 35.8 Å². The average molecular weight is 515 g/mol. The number of hydrazone groups is 1. The molecule has 1 N–H and O–H groups in total. The van der Waals surface area contributed by atoms with Crippen LogP contribution in [-0.2, 0) is 11.3 Å². The van der Waals surface area contributed by atoms with Gasteiger partial charge in [-0.1, -0.05) is 64.1 Å². The second-order valence-electron chi connectivity index (χ2n) is 6.75. The Kier molecular flexibility index (Phi) is 7.90. The number of rotatable bonds is 9. The van der Waals surface area contributed by atoms with E-state index in [2.05, 4.69) is 43.2 Å². The van der Waals surface area contributed by atoms with Crippen molar-refractivity contribution in [3.63, 3.8) is 0 Å². The molecule has 1 amide bonds. The number of hydrogen-bond acceptors (Lipinski definition) is 7. The third-order valence-electron chi connectivity index (χ3n) is 4.11. The first-order chi connectivity index (χ1) is 15.3. The molecule has 3 rings (SSSR count). The van der Waals surface area contributed by atoms with Crippen molar-refractivity contribution >= 4 is 45.5 Å². The zero-order valence-corrected chi connectivity index (χ0v) is 19.5. The van der Waals surface area contributed by atoms with Crippen molar-refractivity contribution in [3.05, 3.63) is 80.8 Å². The van der Waals surface area contributed by atoms with E-state index in [1.54, 1.807) is 18.2 Å². The van der Waals surface area contributed by atoms with Crippen LogP contribution in [-0.4, -0.2) is 37.6 Å². The molecule has 0 atom stereocenters. The Morgan fingerprint density at radius 2 is 2.00 bits per heavy atom. The Balaban J connectivity index is 1.67. The lowest BCUT2D eigenvalue weighted by Gasteiger charge is -2.10. The Bertz CT molecular complexity index is 1180. The van der Waals surface area contributed by atoms with Gasteiger partial charge in [-0.2, -0.15) is 5.10 Å². The number of amides is 1. The monoisotopic (exact) mass is 514 g/mol. The van der Waals surface area contributed by atoms with E-state index in [0.29, 0.717) is 23.1 Å². The summed E-state index contributed by atoms with van der Waals surface area (Å²) in [5.74, 6) is 0.348. The Morgan fingerprint density at radius 3 is 2.69 bits per heavy atom. The predicted molar refractivity (Wildman–Crippen MR) is 128 cm³/mol. The first-order valence-electron chi connectivity index (χ1n) is 9.37. The molecule has 0 bridgehead atoms. The number of aromatic nitrogens is 3. The molecule has 0 saturated heterocycles. The van der Waals surface area contributed by atoms with Crippen molar-refractivity contribution in [2.24, 2.45) is 5.10 Å². The second-order valence-corrected chi connectivity index (χ2v) is 8.61. The molecule has 0 unspecified atom stereocenters. The maximum absolute atomic E-state index is 12.2. The Labute approximate surface area is 196 Å². The van der Waals surface area contributed by atoms with Crippen molar-refractivity contribution in [3.8, 4) is 11.4 Å². The van der Waals surface area contributed by atoms with E-state index < -0.39 is 4.92 Å². The first-order valence-corrected chi connectivity index (χ1v) is 11.1. The normalized spacial score (nSPS) is 10.9. The van der Waals surface area contributed by atoms with Crippen molar-refractivity contribution in [2.45, 2.75) is 18.6 Å². The molecule has 9 nitrogen and oxygen atoms in total. The maximum atomic E-state index is 12.2. The highest BCUT2D eigenvalue weighted by Crippen LogP contribution is 2.26. The SMILES string of the molecule is C=C(C)Cn1c(SCC(=O)NN=Cc2ccccc2[N+](=O)[O-])nnc1-c1ccc(Br)cc1. The van der Waals surface area contributed by atoms with Crippen LogP contribution in [0.25, 0.3) is 11.4 Å². The topological polar surface area (TPSA) is 115 Å². The molecule has 32 heavy (non-hydrogen) atoms. The number of hydrogen-bond donors (Lipinski definition) is 1. The van der Waals surface area contributed by atoms with Crippen molar-refractivity contribution in [2.75, 3.05) is 5.75 Å². The zero-order chi connectivity index (χ0) is 23.1. The molecular formula is C21H19BrN6O3S. The van der Waals surface area contributed by atoms with E-state index in [9.17, 15) is 14.9 Å². The summed E-state index contributed by atoms with van der Waals surface area (Å²) in [4.78, 5) is 22.7. The molecule has 3 aromatic rings. The minimum Gasteiger partial charge on any atom is -0.298 e. The maximum Gasteiger partial charge on any atom is 0.278 e. The zero-order valence-electron chi connectivity index (χ0n) is 17.1. The highest BCUT2D eigenvalue weighted by Gasteiger charge is 2.16. The van der Waals surface area contributed by atoms with Gasteiger partial charge in [0, 0.05) is 22.6 Å². The summed E-state index contributed by atoms with van der Waals surface area (Å²) < 4.78 is 2.86. The number of benzene rings is 2. The lowest BCUT2D eigenvalue weighted by Crippen LogP contribution is -2.20. The molecule has 0 fully saturated rings. The molecule has 11 heteroatoms. The highest BCUT2D eigenvalue weighted by molar-refractivity contribution is 9.10. The highest BCUT2D eigenvalue weighted by atomic mass is 79.9. The standard InChI is InChI=1S/C21H19BrN6O3S/c1-14(2)12-27-20(15-7-9-17(22)10-8-15)25-26-21(27)32-13-19(29)24-23-11-16-5-3-4-6-18(16)28(30)31/h3-11H,1,12-13H2,2H3,(H,24,29). The van der Waals surface area contributed by atoms with Gasteiger partial charge in [-0.15, -0.1) is 10.2 Å². The van der Waals surface area contributed by atoms with Crippen LogP contribution in [0.2, 0.25) is 0 Å². The van der Waals surface area contributed by atoms with Gasteiger partial charge in [0.05, 0.1) is 22.5 Å². The summed E-state index contributed by atoms with van der Waals surface area (Å²) in [5.41, 5.74) is 4.40. The van der Waals surface area contributed by atoms with Crippen LogP contribution < -0.4 is 5.43 Å². The van der Waals surface area contributed by atoms with E-state index in [1.165, 1.54) is 24.0 Å². The molecule has 0 saturated carbocycles. The predicted octanol–water partition coefficient (Wildman–Crippen LogP) is 4.43. The van der Waals surface area contributed by atoms with Gasteiger partial charge >= 0.3 is 0 Å². The number of para-hydroxylation sites is 1. The number of carbonyl (C=O) groups excluding carboxylic acids is 1. The number of nitrogens with one attached hydrogen (secondary N) is 1. The van der Waals surface area contributed by atoms with Gasteiger partial charge in [-0.3, -0.25) is 19.5 Å². The number of nitro benzene ring substituents is 1. The second kappa shape index (κ2) is 10.8. The van der Waals surface area contributed by atoms with Gasteiger partial charge in [0.2, 0.25) is 0 Å². The number of carbonyl (C=O) groups is 1. The van der Waals surface area contributed by atoms with Crippen LogP contribution in [0, 0.1) is 10.1 Å². The fraction of sp³-hybridized carbons (Fsp3) is 0.143. The average Bonchev–Trinajstić information content (AvgIpc) is 3.14. The van der Waals surface area contributed by atoms with Crippen LogP contribution >= 0.6 is 27.7 Å². The fourth-order valence-corrected chi connectivity index (χ4v) is 3.71. The summed E-state index contributed by atoms with van der Waals surface area (Å²) in [6.45, 7) is 6.38. The third kappa shape index (κ3) is 6.11. The number of halogens is 1. The van der Waals surface area contributed by atoms with Crippen LogP contribution in [0.1, 0.15) is 12.5 Å².